The number of nitrogens with zero attached hydrogens (tertiary/aromatic N) is 2. The monoisotopic (exact) mass is 272 g/mol. The lowest BCUT2D eigenvalue weighted by Gasteiger charge is -2.02. The van der Waals surface area contributed by atoms with E-state index in [-0.39, 0.29) is 5.91 Å². The molecule has 3 N–H and O–H groups in total. The number of nitrogens with one attached hydrogen (secondary N) is 1. The van der Waals surface area contributed by atoms with Gasteiger partial charge in [0.25, 0.3) is 5.91 Å². The molecule has 0 atom stereocenters. The van der Waals surface area contributed by atoms with Crippen molar-refractivity contribution >= 4 is 17.2 Å². The van der Waals surface area contributed by atoms with Crippen LogP contribution in [0.3, 0.4) is 0 Å². The number of amides is 1. The number of thiophene rings is 1. The molecule has 0 bridgehead atoms. The maximum absolute atomic E-state index is 11.8. The summed E-state index contributed by atoms with van der Waals surface area (Å²) in [6.07, 6.45) is 2.92. The average molecular weight is 272 g/mol. The SMILES string of the molecule is NCC#Cc1csc(CNC(=O)c2ccnnc2)c1. The molecule has 0 fully saturated rings. The minimum absolute atomic E-state index is 0.169. The predicted molar refractivity (Wildman–Crippen MR) is 73.5 cm³/mol. The van der Waals surface area contributed by atoms with Gasteiger partial charge in [0.2, 0.25) is 0 Å². The number of aromatic nitrogens is 2. The van der Waals surface area contributed by atoms with Gasteiger partial charge in [0.15, 0.2) is 0 Å². The van der Waals surface area contributed by atoms with Gasteiger partial charge in [-0.2, -0.15) is 10.2 Å². The second-order valence-corrected chi connectivity index (χ2v) is 4.62. The molecule has 2 heterocycles. The largest absolute Gasteiger partial charge is 0.347 e. The van der Waals surface area contributed by atoms with E-state index in [0.717, 1.165) is 10.4 Å². The van der Waals surface area contributed by atoms with E-state index in [0.29, 0.717) is 18.7 Å². The van der Waals surface area contributed by atoms with E-state index in [1.807, 2.05) is 11.4 Å². The van der Waals surface area contributed by atoms with E-state index in [4.69, 9.17) is 5.73 Å². The number of carbonyl (C=O) groups is 1. The molecule has 0 aromatic carbocycles. The minimum Gasteiger partial charge on any atom is -0.347 e. The molecule has 96 valence electrons. The van der Waals surface area contributed by atoms with Crippen molar-refractivity contribution in [2.75, 3.05) is 6.54 Å². The van der Waals surface area contributed by atoms with E-state index in [2.05, 4.69) is 27.4 Å². The maximum Gasteiger partial charge on any atom is 0.253 e. The molecule has 2 aromatic heterocycles. The zero-order valence-electron chi connectivity index (χ0n) is 10.1. The summed E-state index contributed by atoms with van der Waals surface area (Å²) >= 11 is 1.55. The molecule has 0 aliphatic heterocycles. The molecule has 0 radical (unpaired) electrons. The number of hydrogen-bond acceptors (Lipinski definition) is 5. The normalized spacial score (nSPS) is 9.53. The molecule has 1 amide bonds. The lowest BCUT2D eigenvalue weighted by molar-refractivity contribution is 0.0950. The summed E-state index contributed by atoms with van der Waals surface area (Å²) in [6.45, 7) is 0.813. The van der Waals surface area contributed by atoms with E-state index in [1.54, 1.807) is 17.4 Å². The third-order valence-corrected chi connectivity index (χ3v) is 3.19. The Balaban J connectivity index is 1.92. The molecule has 0 saturated heterocycles. The Bertz CT molecular complexity index is 612. The van der Waals surface area contributed by atoms with E-state index >= 15 is 0 Å². The Morgan fingerprint density at radius 1 is 1.47 bits per heavy atom. The molecular weight excluding hydrogens is 260 g/mol. The maximum atomic E-state index is 11.8. The van der Waals surface area contributed by atoms with Crippen LogP contribution in [0.1, 0.15) is 20.8 Å². The Kier molecular flexibility index (Phi) is 4.61. The van der Waals surface area contributed by atoms with Gasteiger partial charge in [0.1, 0.15) is 0 Å². The van der Waals surface area contributed by atoms with Crippen LogP contribution in [0.4, 0.5) is 0 Å². The van der Waals surface area contributed by atoms with Crippen molar-refractivity contribution in [1.29, 1.82) is 0 Å². The third-order valence-electron chi connectivity index (χ3n) is 2.26. The van der Waals surface area contributed by atoms with Crippen molar-refractivity contribution in [3.05, 3.63) is 45.9 Å². The minimum atomic E-state index is -0.169. The fourth-order valence-corrected chi connectivity index (χ4v) is 2.14. The van der Waals surface area contributed by atoms with Crippen LogP contribution in [0.5, 0.6) is 0 Å². The second kappa shape index (κ2) is 6.64. The van der Waals surface area contributed by atoms with Crippen LogP contribution in [-0.2, 0) is 6.54 Å². The number of hydrogen-bond donors (Lipinski definition) is 2. The van der Waals surface area contributed by atoms with Crippen LogP contribution in [0.25, 0.3) is 0 Å². The Labute approximate surface area is 114 Å². The smallest absolute Gasteiger partial charge is 0.253 e. The summed E-state index contributed by atoms with van der Waals surface area (Å²) in [7, 11) is 0. The molecular formula is C13H12N4OS. The Morgan fingerprint density at radius 3 is 3.11 bits per heavy atom. The molecule has 0 spiro atoms. The fourth-order valence-electron chi connectivity index (χ4n) is 1.39. The molecule has 5 nitrogen and oxygen atoms in total. The zero-order valence-corrected chi connectivity index (χ0v) is 10.9. The van der Waals surface area contributed by atoms with E-state index in [1.165, 1.54) is 12.4 Å². The highest BCUT2D eigenvalue weighted by atomic mass is 32.1. The third kappa shape index (κ3) is 3.88. The Morgan fingerprint density at radius 2 is 2.37 bits per heavy atom. The summed E-state index contributed by atoms with van der Waals surface area (Å²) in [5.74, 6) is 5.57. The Hall–Kier alpha value is -2.23. The van der Waals surface area contributed by atoms with Gasteiger partial charge in [-0.15, -0.1) is 11.3 Å². The second-order valence-electron chi connectivity index (χ2n) is 3.62. The van der Waals surface area contributed by atoms with Gasteiger partial charge >= 0.3 is 0 Å². The van der Waals surface area contributed by atoms with Gasteiger partial charge in [-0.3, -0.25) is 4.79 Å². The molecule has 0 aliphatic rings. The van der Waals surface area contributed by atoms with Gasteiger partial charge < -0.3 is 11.1 Å². The topological polar surface area (TPSA) is 80.9 Å². The summed E-state index contributed by atoms with van der Waals surface area (Å²) in [4.78, 5) is 12.8. The summed E-state index contributed by atoms with van der Waals surface area (Å²) < 4.78 is 0. The molecule has 2 rings (SSSR count). The fraction of sp³-hybridized carbons (Fsp3) is 0.154. The van der Waals surface area contributed by atoms with Crippen molar-refractivity contribution < 1.29 is 4.79 Å². The van der Waals surface area contributed by atoms with Crippen molar-refractivity contribution in [3.63, 3.8) is 0 Å². The van der Waals surface area contributed by atoms with Crippen LogP contribution in [0, 0.1) is 11.8 Å². The predicted octanol–water partition coefficient (Wildman–Crippen LogP) is 0.778. The quantitative estimate of drug-likeness (QED) is 0.809. The summed E-state index contributed by atoms with van der Waals surface area (Å²) in [6, 6.07) is 3.56. The standard InChI is InChI=1S/C13H12N4OS/c14-4-1-2-10-6-12(19-9-10)8-15-13(18)11-3-5-16-17-7-11/h3,5-7,9H,4,8,14H2,(H,15,18). The molecule has 0 saturated carbocycles. The highest BCUT2D eigenvalue weighted by molar-refractivity contribution is 7.10. The highest BCUT2D eigenvalue weighted by Crippen LogP contribution is 2.13. The van der Waals surface area contributed by atoms with Gasteiger partial charge in [-0.25, -0.2) is 0 Å². The van der Waals surface area contributed by atoms with Gasteiger partial charge in [0.05, 0.1) is 31.0 Å². The first-order valence-corrected chi connectivity index (χ1v) is 6.49. The summed E-state index contributed by atoms with van der Waals surface area (Å²) in [5, 5.41) is 12.0. The molecule has 2 aromatic rings. The van der Waals surface area contributed by atoms with Gasteiger partial charge in [-0.1, -0.05) is 11.8 Å². The molecule has 6 heteroatoms. The number of carbonyl (C=O) groups excluding carboxylic acids is 1. The van der Waals surface area contributed by atoms with Gasteiger partial charge in [-0.05, 0) is 12.1 Å². The number of nitrogens with two attached hydrogens (primary N) is 1. The lowest BCUT2D eigenvalue weighted by Crippen LogP contribution is -2.22. The van der Waals surface area contributed by atoms with Crippen LogP contribution in [0.15, 0.2) is 29.9 Å². The highest BCUT2D eigenvalue weighted by Gasteiger charge is 2.05. The molecule has 0 unspecified atom stereocenters. The molecule has 19 heavy (non-hydrogen) atoms. The first kappa shape index (κ1) is 13.2. The van der Waals surface area contributed by atoms with Crippen LogP contribution < -0.4 is 11.1 Å². The van der Waals surface area contributed by atoms with Crippen LogP contribution in [-0.4, -0.2) is 22.6 Å². The average Bonchev–Trinajstić information content (AvgIpc) is 2.91. The van der Waals surface area contributed by atoms with Crippen LogP contribution >= 0.6 is 11.3 Å². The van der Waals surface area contributed by atoms with E-state index < -0.39 is 0 Å². The van der Waals surface area contributed by atoms with Gasteiger partial charge in [0, 0.05) is 15.8 Å². The van der Waals surface area contributed by atoms with Crippen molar-refractivity contribution in [2.45, 2.75) is 6.54 Å². The van der Waals surface area contributed by atoms with Crippen molar-refractivity contribution in [1.82, 2.24) is 15.5 Å². The van der Waals surface area contributed by atoms with Crippen molar-refractivity contribution in [2.24, 2.45) is 5.73 Å². The number of rotatable bonds is 3. The lowest BCUT2D eigenvalue weighted by atomic mass is 10.3. The zero-order chi connectivity index (χ0) is 13.5. The van der Waals surface area contributed by atoms with Crippen molar-refractivity contribution in [3.8, 4) is 11.8 Å². The molecule has 0 aliphatic carbocycles. The summed E-state index contributed by atoms with van der Waals surface area (Å²) in [5.41, 5.74) is 6.72. The first-order chi connectivity index (χ1) is 9.29. The van der Waals surface area contributed by atoms with E-state index in [9.17, 15) is 4.79 Å². The first-order valence-electron chi connectivity index (χ1n) is 5.61. The van der Waals surface area contributed by atoms with Crippen LogP contribution in [0.2, 0.25) is 0 Å².